The van der Waals surface area contributed by atoms with Crippen molar-refractivity contribution in [1.29, 1.82) is 0 Å². The van der Waals surface area contributed by atoms with Crippen molar-refractivity contribution in [2.45, 2.75) is 32.1 Å². The zero-order valence-electron chi connectivity index (χ0n) is 7.55. The van der Waals surface area contributed by atoms with Crippen molar-refractivity contribution in [3.05, 3.63) is 30.9 Å². The summed E-state index contributed by atoms with van der Waals surface area (Å²) >= 11 is 0. The summed E-state index contributed by atoms with van der Waals surface area (Å²) < 4.78 is 0. The van der Waals surface area contributed by atoms with Crippen LogP contribution in [0.2, 0.25) is 0 Å². The molecule has 1 saturated carbocycles. The van der Waals surface area contributed by atoms with Crippen LogP contribution in [0.15, 0.2) is 18.3 Å². The maximum absolute atomic E-state index is 2.74. The maximum Gasteiger partial charge on any atom is 2.00 e. The number of rotatable bonds is 0. The zero-order chi connectivity index (χ0) is 7.78. The Morgan fingerprint density at radius 2 is 1.92 bits per heavy atom. The summed E-state index contributed by atoms with van der Waals surface area (Å²) in [6.45, 7) is 0. The first-order valence-electron chi connectivity index (χ1n) is 4.31. The summed E-state index contributed by atoms with van der Waals surface area (Å²) in [5.41, 5.74) is 0. The fourth-order valence-corrected chi connectivity index (χ4v) is 1.14. The van der Waals surface area contributed by atoms with E-state index in [1.165, 1.54) is 32.1 Å². The van der Waals surface area contributed by atoms with Crippen LogP contribution in [0, 0.1) is 12.6 Å². The Morgan fingerprint density at radius 1 is 1.17 bits per heavy atom. The van der Waals surface area contributed by atoms with Gasteiger partial charge in [-0.1, -0.05) is 19.3 Å². The fourth-order valence-electron chi connectivity index (χ4n) is 1.14. The Balaban J connectivity index is 0.000000189. The van der Waals surface area contributed by atoms with Crippen molar-refractivity contribution >= 4 is 0 Å². The molecule has 62 valence electrons. The van der Waals surface area contributed by atoms with E-state index in [1.807, 2.05) is 18.3 Å². The van der Waals surface area contributed by atoms with Crippen molar-refractivity contribution in [2.24, 2.45) is 0 Å². The Hall–Kier alpha value is -0.0966. The van der Waals surface area contributed by atoms with E-state index in [0.717, 1.165) is 0 Å². The van der Waals surface area contributed by atoms with Crippen LogP contribution in [-0.2, 0) is 19.5 Å². The van der Waals surface area contributed by atoms with Crippen molar-refractivity contribution in [3.63, 3.8) is 0 Å². The molecule has 1 aromatic heterocycles. The van der Waals surface area contributed by atoms with Gasteiger partial charge in [0.15, 0.2) is 0 Å². The van der Waals surface area contributed by atoms with Gasteiger partial charge in [0, 0.05) is 0 Å². The monoisotopic (exact) mass is 213 g/mol. The molecule has 1 aliphatic rings. The second-order valence-electron chi connectivity index (χ2n) is 2.74. The molecule has 2 heteroatoms. The van der Waals surface area contributed by atoms with E-state index in [2.05, 4.69) is 17.6 Å². The first-order chi connectivity index (χ1) is 5.50. The second kappa shape index (κ2) is 9.00. The minimum Gasteiger partial charge on any atom is -0.484 e. The number of hydrogen-bond acceptors (Lipinski definition) is 0. The third-order valence-electron chi connectivity index (χ3n) is 1.76. The first-order valence-corrected chi connectivity index (χ1v) is 4.31. The van der Waals surface area contributed by atoms with E-state index in [9.17, 15) is 0 Å². The number of aromatic amines is 1. The van der Waals surface area contributed by atoms with E-state index in [1.54, 1.807) is 0 Å². The third-order valence-corrected chi connectivity index (χ3v) is 1.76. The SMILES string of the molecule is [CH-]1CCCCC1.[Zn+2].[c-]1ccc[nH]1. The van der Waals surface area contributed by atoms with Gasteiger partial charge in [0.1, 0.15) is 0 Å². The molecule has 0 radical (unpaired) electrons. The van der Waals surface area contributed by atoms with E-state index >= 15 is 0 Å². The molecule has 0 aromatic carbocycles. The molecule has 0 saturated heterocycles. The van der Waals surface area contributed by atoms with Crippen LogP contribution in [0.5, 0.6) is 0 Å². The van der Waals surface area contributed by atoms with Gasteiger partial charge in [0.25, 0.3) is 0 Å². The molecule has 0 atom stereocenters. The van der Waals surface area contributed by atoms with Crippen LogP contribution in [0.4, 0.5) is 0 Å². The molecule has 1 aromatic rings. The molecule has 1 heterocycles. The van der Waals surface area contributed by atoms with E-state index < -0.39 is 0 Å². The average molecular weight is 215 g/mol. The molecule has 0 bridgehead atoms. The zero-order valence-corrected chi connectivity index (χ0v) is 10.5. The Labute approximate surface area is 87.7 Å². The second-order valence-corrected chi connectivity index (χ2v) is 2.74. The normalized spacial score (nSPS) is 15.3. The van der Waals surface area contributed by atoms with Gasteiger partial charge in [0.2, 0.25) is 0 Å². The molecule has 1 N–H and O–H groups in total. The molecule has 1 aliphatic carbocycles. The molecular formula is C10H15NZn. The largest absolute Gasteiger partial charge is 2.00 e. The minimum absolute atomic E-state index is 0. The minimum atomic E-state index is 0. The molecule has 0 aliphatic heterocycles. The Kier molecular flexibility index (Phi) is 8.92. The number of hydrogen-bond donors (Lipinski definition) is 1. The van der Waals surface area contributed by atoms with Crippen molar-refractivity contribution in [3.8, 4) is 0 Å². The third kappa shape index (κ3) is 6.60. The summed E-state index contributed by atoms with van der Waals surface area (Å²) in [5, 5.41) is 0. The van der Waals surface area contributed by atoms with Crippen molar-refractivity contribution < 1.29 is 19.5 Å². The van der Waals surface area contributed by atoms with E-state index in [0.29, 0.717) is 0 Å². The summed E-state index contributed by atoms with van der Waals surface area (Å²) in [6, 6.07) is 3.71. The summed E-state index contributed by atoms with van der Waals surface area (Å²) in [6.07, 6.45) is 14.1. The van der Waals surface area contributed by atoms with Crippen LogP contribution >= 0.6 is 0 Å². The molecule has 1 fully saturated rings. The quantitative estimate of drug-likeness (QED) is 0.505. The molecule has 0 amide bonds. The predicted molar refractivity (Wildman–Crippen MR) is 47.0 cm³/mol. The van der Waals surface area contributed by atoms with Gasteiger partial charge in [0.05, 0.1) is 0 Å². The van der Waals surface area contributed by atoms with Gasteiger partial charge in [-0.05, 0) is 0 Å². The maximum atomic E-state index is 2.74. The van der Waals surface area contributed by atoms with Crippen LogP contribution in [-0.4, -0.2) is 4.98 Å². The van der Waals surface area contributed by atoms with E-state index in [4.69, 9.17) is 0 Å². The van der Waals surface area contributed by atoms with E-state index in [-0.39, 0.29) is 19.5 Å². The van der Waals surface area contributed by atoms with Gasteiger partial charge >= 0.3 is 19.5 Å². The number of H-pyrrole nitrogens is 1. The Morgan fingerprint density at radius 3 is 2.08 bits per heavy atom. The topological polar surface area (TPSA) is 15.8 Å². The molecular weight excluding hydrogens is 200 g/mol. The smallest absolute Gasteiger partial charge is 0.484 e. The van der Waals surface area contributed by atoms with Crippen molar-refractivity contribution in [1.82, 2.24) is 4.98 Å². The van der Waals surface area contributed by atoms with Crippen LogP contribution in [0.25, 0.3) is 0 Å². The molecule has 1 nitrogen and oxygen atoms in total. The Bertz CT molecular complexity index is 116. The number of aromatic nitrogens is 1. The van der Waals surface area contributed by atoms with Crippen LogP contribution < -0.4 is 0 Å². The molecule has 2 rings (SSSR count). The van der Waals surface area contributed by atoms with Crippen LogP contribution in [0.3, 0.4) is 0 Å². The van der Waals surface area contributed by atoms with Crippen molar-refractivity contribution in [2.75, 3.05) is 0 Å². The molecule has 12 heavy (non-hydrogen) atoms. The predicted octanol–water partition coefficient (Wildman–Crippen LogP) is 2.97. The number of nitrogens with one attached hydrogen (secondary N) is 1. The van der Waals surface area contributed by atoms with Gasteiger partial charge in [-0.3, -0.25) is 0 Å². The first kappa shape index (κ1) is 11.9. The fraction of sp³-hybridized carbons (Fsp3) is 0.500. The van der Waals surface area contributed by atoms with Gasteiger partial charge in [-0.15, -0.1) is 6.20 Å². The van der Waals surface area contributed by atoms with Crippen LogP contribution in [0.1, 0.15) is 32.1 Å². The van der Waals surface area contributed by atoms with Gasteiger partial charge in [-0.2, -0.15) is 31.2 Å². The summed E-state index contributed by atoms with van der Waals surface area (Å²) in [5.74, 6) is 0. The van der Waals surface area contributed by atoms with Gasteiger partial charge in [-0.25, -0.2) is 0 Å². The summed E-state index contributed by atoms with van der Waals surface area (Å²) in [7, 11) is 0. The summed E-state index contributed by atoms with van der Waals surface area (Å²) in [4.78, 5) is 2.74. The average Bonchev–Trinajstić information content (AvgIpc) is 2.64. The molecule has 0 spiro atoms. The molecule has 0 unspecified atom stereocenters. The van der Waals surface area contributed by atoms with Gasteiger partial charge < -0.3 is 11.4 Å². The standard InChI is InChI=1S/C6H11.C4H4N.Zn/c1-2-4-6-5-3-1;1-2-4-5-3-1;/h1H,2-6H2;1-3,5H;/q2*-1;+2.